The molecule has 1 aliphatic rings. The highest BCUT2D eigenvalue weighted by Crippen LogP contribution is 2.43. The van der Waals surface area contributed by atoms with Crippen LogP contribution in [0, 0.1) is 5.82 Å². The summed E-state index contributed by atoms with van der Waals surface area (Å²) in [6.45, 7) is 3.22. The third kappa shape index (κ3) is 5.94. The third-order valence-corrected chi connectivity index (χ3v) is 8.95. The van der Waals surface area contributed by atoms with Crippen LogP contribution in [0.5, 0.6) is 0 Å². The summed E-state index contributed by atoms with van der Waals surface area (Å²) >= 11 is 0. The first-order valence-electron chi connectivity index (χ1n) is 12.1. The van der Waals surface area contributed by atoms with E-state index in [1.54, 1.807) is 18.6 Å². The maximum Gasteiger partial charge on any atom is 0.417 e. The molecule has 214 valence electrons. The molecule has 0 unspecified atom stereocenters. The number of nitrogens with one attached hydrogen (secondary N) is 1. The van der Waals surface area contributed by atoms with Crippen LogP contribution in [-0.4, -0.2) is 37.1 Å². The molecule has 2 aromatic carbocycles. The number of ether oxygens (including phenoxy) is 1. The van der Waals surface area contributed by atoms with Crippen LogP contribution in [-0.2, 0) is 27.5 Å². The van der Waals surface area contributed by atoms with Gasteiger partial charge in [0, 0.05) is 35.3 Å². The van der Waals surface area contributed by atoms with Crippen LogP contribution in [0.4, 0.5) is 30.7 Å². The molecule has 4 rings (SSSR count). The van der Waals surface area contributed by atoms with E-state index in [1.807, 2.05) is 0 Å². The zero-order chi connectivity index (χ0) is 29.0. The van der Waals surface area contributed by atoms with Crippen molar-refractivity contribution < 1.29 is 43.9 Å². The van der Waals surface area contributed by atoms with Crippen molar-refractivity contribution in [2.45, 2.75) is 68.9 Å². The number of halogens is 7. The zero-order valence-corrected chi connectivity index (χ0v) is 22.1. The molecular weight excluding hydrogens is 553 g/mol. The Bertz CT molecular complexity index is 1470. The van der Waals surface area contributed by atoms with Gasteiger partial charge in [-0.3, -0.25) is 0 Å². The second-order valence-corrected chi connectivity index (χ2v) is 12.3. The topological polar surface area (TPSA) is 60.3 Å². The van der Waals surface area contributed by atoms with Crippen LogP contribution in [0.1, 0.15) is 50.3 Å². The van der Waals surface area contributed by atoms with E-state index >= 15 is 4.39 Å². The van der Waals surface area contributed by atoms with Gasteiger partial charge in [-0.25, -0.2) is 12.8 Å². The molecule has 1 aliphatic carbocycles. The van der Waals surface area contributed by atoms with E-state index in [1.165, 1.54) is 17.7 Å². The van der Waals surface area contributed by atoms with Gasteiger partial charge >= 0.3 is 12.4 Å². The molecule has 0 saturated heterocycles. The molecule has 0 bridgehead atoms. The van der Waals surface area contributed by atoms with Gasteiger partial charge in [0.25, 0.3) is 0 Å². The van der Waals surface area contributed by atoms with Crippen molar-refractivity contribution in [1.82, 2.24) is 9.29 Å². The summed E-state index contributed by atoms with van der Waals surface area (Å²) < 4.78 is 133. The number of methoxy groups -OCH3 is 1. The summed E-state index contributed by atoms with van der Waals surface area (Å²) in [5.74, 6) is -1.19. The number of alkyl halides is 6. The Morgan fingerprint density at radius 1 is 1.05 bits per heavy atom. The number of fused-ring (bicyclic) bond motifs is 1. The van der Waals surface area contributed by atoms with Crippen molar-refractivity contribution >= 4 is 20.9 Å². The number of sulfonamides is 1. The quantitative estimate of drug-likeness (QED) is 0.293. The molecule has 0 spiro atoms. The van der Waals surface area contributed by atoms with E-state index in [9.17, 15) is 34.8 Å². The van der Waals surface area contributed by atoms with E-state index in [4.69, 9.17) is 4.74 Å². The van der Waals surface area contributed by atoms with Crippen molar-refractivity contribution in [2.75, 3.05) is 7.11 Å². The van der Waals surface area contributed by atoms with Gasteiger partial charge in [-0.05, 0) is 50.5 Å². The van der Waals surface area contributed by atoms with Crippen LogP contribution in [0.2, 0.25) is 0 Å². The van der Waals surface area contributed by atoms with Crippen LogP contribution >= 0.6 is 0 Å². The molecule has 1 atom stereocenters. The predicted molar refractivity (Wildman–Crippen MR) is 132 cm³/mol. The molecule has 0 radical (unpaired) electrons. The molecule has 1 saturated carbocycles. The van der Waals surface area contributed by atoms with E-state index < -0.39 is 67.3 Å². The highest BCUT2D eigenvalue weighted by molar-refractivity contribution is 7.90. The van der Waals surface area contributed by atoms with Crippen molar-refractivity contribution in [3.05, 3.63) is 59.5 Å². The fourth-order valence-corrected chi connectivity index (χ4v) is 6.33. The van der Waals surface area contributed by atoms with Gasteiger partial charge in [-0.2, -0.15) is 31.1 Å². The smallest absolute Gasteiger partial charge is 0.377 e. The van der Waals surface area contributed by atoms with E-state index in [0.29, 0.717) is 6.42 Å². The Morgan fingerprint density at radius 2 is 1.69 bits per heavy atom. The van der Waals surface area contributed by atoms with Gasteiger partial charge in [0.15, 0.2) is 0 Å². The van der Waals surface area contributed by atoms with Gasteiger partial charge in [-0.15, -0.1) is 0 Å². The van der Waals surface area contributed by atoms with Gasteiger partial charge in [-0.1, -0.05) is 24.6 Å². The first kappa shape index (κ1) is 29.3. The van der Waals surface area contributed by atoms with Crippen molar-refractivity contribution in [3.63, 3.8) is 0 Å². The monoisotopic (exact) mass is 580 g/mol. The number of benzene rings is 2. The fraction of sp³-hybridized carbons (Fsp3) is 0.462. The molecule has 1 fully saturated rings. The second kappa shape index (κ2) is 10.1. The lowest BCUT2D eigenvalue weighted by molar-refractivity contribution is -0.152. The first-order valence-corrected chi connectivity index (χ1v) is 13.6. The van der Waals surface area contributed by atoms with E-state index in [-0.39, 0.29) is 30.3 Å². The minimum Gasteiger partial charge on any atom is -0.377 e. The SMILES string of the molecule is COC(C)(C)Cn1cc([C@H](NS(=O)(=O)C2CCC2)C(F)(F)F)c2cc(F)c(-c3ccccc3C(F)(F)F)cc21. The molecule has 3 aromatic rings. The minimum atomic E-state index is -5.09. The lowest BCUT2D eigenvalue weighted by atomic mass is 9.96. The van der Waals surface area contributed by atoms with Crippen molar-refractivity contribution in [3.8, 4) is 11.1 Å². The molecule has 13 heteroatoms. The van der Waals surface area contributed by atoms with Crippen LogP contribution in [0.15, 0.2) is 42.6 Å². The fourth-order valence-electron chi connectivity index (χ4n) is 4.59. The number of rotatable bonds is 8. The van der Waals surface area contributed by atoms with Crippen LogP contribution < -0.4 is 4.72 Å². The Morgan fingerprint density at radius 3 is 2.23 bits per heavy atom. The summed E-state index contributed by atoms with van der Waals surface area (Å²) in [4.78, 5) is 0. The number of aromatic nitrogens is 1. The zero-order valence-electron chi connectivity index (χ0n) is 21.3. The Kier molecular flexibility index (Phi) is 7.58. The molecule has 1 aromatic heterocycles. The summed E-state index contributed by atoms with van der Waals surface area (Å²) in [5, 5.41) is -1.25. The average molecular weight is 581 g/mol. The summed E-state index contributed by atoms with van der Waals surface area (Å²) in [6, 6.07) is 3.37. The molecule has 0 aliphatic heterocycles. The maximum atomic E-state index is 15.4. The predicted octanol–water partition coefficient (Wildman–Crippen LogP) is 6.97. The average Bonchev–Trinajstić information content (AvgIpc) is 3.10. The van der Waals surface area contributed by atoms with Gasteiger partial charge < -0.3 is 9.30 Å². The Labute approximate surface area is 221 Å². The largest absolute Gasteiger partial charge is 0.417 e. The first-order chi connectivity index (χ1) is 17.9. The Hall–Kier alpha value is -2.64. The second-order valence-electron chi connectivity index (χ2n) is 10.3. The van der Waals surface area contributed by atoms with Crippen molar-refractivity contribution in [2.24, 2.45) is 0 Å². The molecule has 39 heavy (non-hydrogen) atoms. The number of hydrogen-bond acceptors (Lipinski definition) is 3. The molecule has 1 heterocycles. The highest BCUT2D eigenvalue weighted by Gasteiger charge is 2.47. The lowest BCUT2D eigenvalue weighted by Crippen LogP contribution is -2.44. The molecule has 0 amide bonds. The molecular formula is C26H27F7N2O3S. The van der Waals surface area contributed by atoms with Gasteiger partial charge in [0.2, 0.25) is 10.0 Å². The lowest BCUT2D eigenvalue weighted by Gasteiger charge is -2.29. The third-order valence-electron chi connectivity index (χ3n) is 7.04. The minimum absolute atomic E-state index is 0.0133. The normalized spacial score (nSPS) is 16.5. The van der Waals surface area contributed by atoms with Gasteiger partial charge in [0.05, 0.1) is 23.0 Å². The summed E-state index contributed by atoms with van der Waals surface area (Å²) in [5.41, 5.74) is -3.58. The summed E-state index contributed by atoms with van der Waals surface area (Å²) in [7, 11) is -2.98. The maximum absolute atomic E-state index is 15.4. The standard InChI is InChI=1S/C26H27F7N2O3S/c1-24(2,38-3)14-35-13-19(23(26(31,32)33)34-39(36,37)15-7-6-8-15)18-11-21(27)17(12-22(18)35)16-9-4-5-10-20(16)25(28,29)30/h4-5,9-13,15,23,34H,6-8,14H2,1-3H3/t23-/m0/s1. The van der Waals surface area contributed by atoms with E-state index in [0.717, 1.165) is 36.5 Å². The van der Waals surface area contributed by atoms with Crippen LogP contribution in [0.3, 0.4) is 0 Å². The summed E-state index contributed by atoms with van der Waals surface area (Å²) in [6.07, 6.45) is -7.84. The molecule has 1 N–H and O–H groups in total. The van der Waals surface area contributed by atoms with Crippen LogP contribution in [0.25, 0.3) is 22.0 Å². The Balaban J connectivity index is 1.96. The number of nitrogens with zero attached hydrogens (tertiary/aromatic N) is 1. The van der Waals surface area contributed by atoms with Gasteiger partial charge in [0.1, 0.15) is 11.9 Å². The van der Waals surface area contributed by atoms with E-state index in [2.05, 4.69) is 0 Å². The number of hydrogen-bond donors (Lipinski definition) is 1. The highest BCUT2D eigenvalue weighted by atomic mass is 32.2. The van der Waals surface area contributed by atoms with Crippen molar-refractivity contribution in [1.29, 1.82) is 0 Å². The molecule has 5 nitrogen and oxygen atoms in total.